The van der Waals surface area contributed by atoms with Crippen molar-refractivity contribution < 1.29 is 9.18 Å². The van der Waals surface area contributed by atoms with Gasteiger partial charge in [0.1, 0.15) is 17.3 Å². The van der Waals surface area contributed by atoms with Crippen LogP contribution in [0.5, 0.6) is 0 Å². The summed E-state index contributed by atoms with van der Waals surface area (Å²) in [7, 11) is 0. The van der Waals surface area contributed by atoms with E-state index in [1.165, 1.54) is 23.5 Å². The van der Waals surface area contributed by atoms with Gasteiger partial charge in [0, 0.05) is 11.8 Å². The number of nitrogens with one attached hydrogen (secondary N) is 2. The Labute approximate surface area is 123 Å². The SMILES string of the molecule is O=C(Nc1n[nH]c(Cc2cccc(F)c2)n1)c1cscn1. The van der Waals surface area contributed by atoms with Gasteiger partial charge in [-0.3, -0.25) is 15.2 Å². The Morgan fingerprint density at radius 1 is 1.43 bits per heavy atom. The van der Waals surface area contributed by atoms with Crippen molar-refractivity contribution in [2.24, 2.45) is 0 Å². The maximum Gasteiger partial charge on any atom is 0.277 e. The Balaban J connectivity index is 1.68. The first-order chi connectivity index (χ1) is 10.2. The highest BCUT2D eigenvalue weighted by Crippen LogP contribution is 2.10. The van der Waals surface area contributed by atoms with Gasteiger partial charge in [-0.1, -0.05) is 12.1 Å². The summed E-state index contributed by atoms with van der Waals surface area (Å²) in [6.07, 6.45) is 0.400. The van der Waals surface area contributed by atoms with Crippen LogP contribution in [0, 0.1) is 5.82 Å². The summed E-state index contributed by atoms with van der Waals surface area (Å²) in [5, 5.41) is 10.8. The molecule has 0 saturated carbocycles. The van der Waals surface area contributed by atoms with E-state index in [1.54, 1.807) is 23.0 Å². The summed E-state index contributed by atoms with van der Waals surface area (Å²) >= 11 is 1.33. The molecule has 6 nitrogen and oxygen atoms in total. The molecule has 1 amide bonds. The standard InChI is InChI=1S/C13H10FN5OS/c14-9-3-1-2-8(4-9)5-11-16-13(19-18-11)17-12(20)10-6-21-7-15-10/h1-4,6-7H,5H2,(H2,16,17,18,19,20). The molecule has 3 rings (SSSR count). The molecule has 106 valence electrons. The minimum Gasteiger partial charge on any atom is -0.288 e. The van der Waals surface area contributed by atoms with Crippen LogP contribution in [-0.4, -0.2) is 26.1 Å². The number of benzene rings is 1. The first-order valence-corrected chi connectivity index (χ1v) is 7.00. The number of anilines is 1. The molecule has 0 spiro atoms. The fourth-order valence-corrected chi connectivity index (χ4v) is 2.29. The van der Waals surface area contributed by atoms with E-state index >= 15 is 0 Å². The molecule has 2 heterocycles. The summed E-state index contributed by atoms with van der Waals surface area (Å²) in [5.41, 5.74) is 2.66. The van der Waals surface area contributed by atoms with E-state index in [2.05, 4.69) is 25.5 Å². The number of carbonyl (C=O) groups is 1. The van der Waals surface area contributed by atoms with Crippen LogP contribution in [0.1, 0.15) is 21.9 Å². The molecule has 0 saturated heterocycles. The van der Waals surface area contributed by atoms with E-state index < -0.39 is 0 Å². The van der Waals surface area contributed by atoms with Crippen LogP contribution in [0.2, 0.25) is 0 Å². The number of nitrogens with zero attached hydrogens (tertiary/aromatic N) is 3. The van der Waals surface area contributed by atoms with Crippen molar-refractivity contribution in [1.29, 1.82) is 0 Å². The van der Waals surface area contributed by atoms with E-state index in [1.807, 2.05) is 0 Å². The second kappa shape index (κ2) is 5.80. The summed E-state index contributed by atoms with van der Waals surface area (Å²) in [6.45, 7) is 0. The minimum absolute atomic E-state index is 0.166. The highest BCUT2D eigenvalue weighted by Gasteiger charge is 2.11. The summed E-state index contributed by atoms with van der Waals surface area (Å²) in [4.78, 5) is 19.8. The fraction of sp³-hybridized carbons (Fsp3) is 0.0769. The third-order valence-corrected chi connectivity index (χ3v) is 3.27. The monoisotopic (exact) mass is 303 g/mol. The molecule has 8 heteroatoms. The molecule has 0 radical (unpaired) electrons. The van der Waals surface area contributed by atoms with Gasteiger partial charge < -0.3 is 0 Å². The smallest absolute Gasteiger partial charge is 0.277 e. The predicted molar refractivity (Wildman–Crippen MR) is 75.7 cm³/mol. The van der Waals surface area contributed by atoms with E-state index in [0.717, 1.165) is 5.56 Å². The minimum atomic E-state index is -0.368. The zero-order valence-corrected chi connectivity index (χ0v) is 11.5. The van der Waals surface area contributed by atoms with Crippen LogP contribution in [0.4, 0.5) is 10.3 Å². The number of rotatable bonds is 4. The molecular formula is C13H10FN5OS. The zero-order valence-electron chi connectivity index (χ0n) is 10.7. The van der Waals surface area contributed by atoms with Gasteiger partial charge in [-0.05, 0) is 17.7 Å². The molecule has 2 aromatic heterocycles. The molecule has 0 bridgehead atoms. The van der Waals surface area contributed by atoms with Crippen molar-refractivity contribution in [1.82, 2.24) is 20.2 Å². The largest absolute Gasteiger partial charge is 0.288 e. The van der Waals surface area contributed by atoms with Gasteiger partial charge in [0.15, 0.2) is 0 Å². The van der Waals surface area contributed by atoms with Gasteiger partial charge in [-0.2, -0.15) is 4.98 Å². The second-order valence-electron chi connectivity index (χ2n) is 4.24. The number of halogens is 1. The highest BCUT2D eigenvalue weighted by molar-refractivity contribution is 7.07. The number of aromatic amines is 1. The maximum absolute atomic E-state index is 13.1. The molecule has 0 aliphatic heterocycles. The van der Waals surface area contributed by atoms with E-state index in [-0.39, 0.29) is 17.7 Å². The molecule has 0 aliphatic rings. The van der Waals surface area contributed by atoms with Crippen molar-refractivity contribution in [2.45, 2.75) is 6.42 Å². The molecule has 0 fully saturated rings. The molecule has 2 N–H and O–H groups in total. The lowest BCUT2D eigenvalue weighted by atomic mass is 10.1. The van der Waals surface area contributed by atoms with Gasteiger partial charge in [-0.15, -0.1) is 16.4 Å². The first-order valence-electron chi connectivity index (χ1n) is 6.06. The lowest BCUT2D eigenvalue weighted by molar-refractivity contribution is 0.102. The number of amides is 1. The maximum atomic E-state index is 13.1. The lowest BCUT2D eigenvalue weighted by Crippen LogP contribution is -2.13. The number of H-pyrrole nitrogens is 1. The summed E-state index contributed by atoms with van der Waals surface area (Å²) in [6, 6.07) is 6.23. The Kier molecular flexibility index (Phi) is 3.69. The summed E-state index contributed by atoms with van der Waals surface area (Å²) in [5.74, 6) is 0.0326. The van der Waals surface area contributed by atoms with Crippen molar-refractivity contribution in [3.05, 3.63) is 58.1 Å². The molecule has 1 aromatic carbocycles. The quantitative estimate of drug-likeness (QED) is 0.774. The van der Waals surface area contributed by atoms with Crippen LogP contribution >= 0.6 is 11.3 Å². The highest BCUT2D eigenvalue weighted by atomic mass is 32.1. The topological polar surface area (TPSA) is 83.6 Å². The number of hydrogen-bond donors (Lipinski definition) is 2. The number of carbonyl (C=O) groups excluding carboxylic acids is 1. The summed E-state index contributed by atoms with van der Waals surface area (Å²) < 4.78 is 13.1. The zero-order chi connectivity index (χ0) is 14.7. The third kappa shape index (κ3) is 3.29. The van der Waals surface area contributed by atoms with Crippen molar-refractivity contribution in [3.63, 3.8) is 0 Å². The van der Waals surface area contributed by atoms with Gasteiger partial charge in [-0.25, -0.2) is 9.37 Å². The number of thiazole rings is 1. The van der Waals surface area contributed by atoms with Crippen LogP contribution in [0.3, 0.4) is 0 Å². The first kappa shape index (κ1) is 13.4. The Bertz CT molecular complexity index is 756. The third-order valence-electron chi connectivity index (χ3n) is 2.68. The number of aromatic nitrogens is 4. The molecule has 0 atom stereocenters. The van der Waals surface area contributed by atoms with Crippen LogP contribution in [-0.2, 0) is 6.42 Å². The average Bonchev–Trinajstić information content (AvgIpc) is 3.10. The van der Waals surface area contributed by atoms with Gasteiger partial charge in [0.05, 0.1) is 5.51 Å². The fourth-order valence-electron chi connectivity index (χ4n) is 1.76. The Morgan fingerprint density at radius 3 is 3.10 bits per heavy atom. The van der Waals surface area contributed by atoms with Crippen LogP contribution in [0.25, 0.3) is 0 Å². The van der Waals surface area contributed by atoms with Crippen molar-refractivity contribution in [3.8, 4) is 0 Å². The van der Waals surface area contributed by atoms with E-state index in [9.17, 15) is 9.18 Å². The molecular weight excluding hydrogens is 293 g/mol. The Morgan fingerprint density at radius 2 is 2.33 bits per heavy atom. The van der Waals surface area contributed by atoms with Crippen LogP contribution in [0.15, 0.2) is 35.2 Å². The lowest BCUT2D eigenvalue weighted by Gasteiger charge is -1.97. The average molecular weight is 303 g/mol. The van der Waals surface area contributed by atoms with Gasteiger partial charge in [0.2, 0.25) is 5.95 Å². The molecule has 3 aromatic rings. The molecule has 0 aliphatic carbocycles. The second-order valence-corrected chi connectivity index (χ2v) is 4.96. The number of hydrogen-bond acceptors (Lipinski definition) is 5. The van der Waals surface area contributed by atoms with Gasteiger partial charge >= 0.3 is 0 Å². The van der Waals surface area contributed by atoms with E-state index in [0.29, 0.717) is 17.9 Å². The molecule has 21 heavy (non-hydrogen) atoms. The van der Waals surface area contributed by atoms with Crippen molar-refractivity contribution >= 4 is 23.2 Å². The normalized spacial score (nSPS) is 10.5. The predicted octanol–water partition coefficient (Wildman–Crippen LogP) is 2.24. The van der Waals surface area contributed by atoms with E-state index in [4.69, 9.17) is 0 Å². The Hall–Kier alpha value is -2.61. The van der Waals surface area contributed by atoms with Crippen molar-refractivity contribution in [2.75, 3.05) is 5.32 Å². The molecule has 0 unspecified atom stereocenters. The van der Waals surface area contributed by atoms with Gasteiger partial charge in [0.25, 0.3) is 5.91 Å². The van der Waals surface area contributed by atoms with Crippen LogP contribution < -0.4 is 5.32 Å².